The molecule has 2 aromatic rings. The first-order valence-corrected chi connectivity index (χ1v) is 4.78. The molecule has 0 aromatic heterocycles. The van der Waals surface area contributed by atoms with Crippen LogP contribution in [0.3, 0.4) is 0 Å². The molecule has 1 nitrogen and oxygen atoms in total. The normalized spacial score (nSPS) is 9.00. The van der Waals surface area contributed by atoms with Crippen LogP contribution in [0.5, 0.6) is 5.75 Å². The van der Waals surface area contributed by atoms with Gasteiger partial charge in [0.25, 0.3) is 0 Å². The van der Waals surface area contributed by atoms with Gasteiger partial charge in [-0.25, -0.2) is 4.39 Å². The van der Waals surface area contributed by atoms with E-state index in [2.05, 4.69) is 6.07 Å². The zero-order chi connectivity index (χ0) is 11.4. The second-order valence-electron chi connectivity index (χ2n) is 3.27. The summed E-state index contributed by atoms with van der Waals surface area (Å²) in [4.78, 5) is 0. The van der Waals surface area contributed by atoms with Crippen LogP contribution < -0.4 is 21.7 Å². The van der Waals surface area contributed by atoms with Crippen molar-refractivity contribution in [3.05, 3.63) is 65.7 Å². The minimum Gasteiger partial charge on any atom is -1.00 e. The second kappa shape index (κ2) is 8.45. The van der Waals surface area contributed by atoms with E-state index in [1.54, 1.807) is 18.2 Å². The van der Waals surface area contributed by atoms with E-state index in [0.717, 1.165) is 5.56 Å². The molecule has 0 aliphatic heterocycles. The standard InChI is InChI=1S/C13H9F2O.BrH.Mg/c14-11-7-5-10(6-8-11)9-16-13-4-2-1-3-12(13)15;;/h2-8H,9H2;1H;/q-1;;+2/p-1. The van der Waals surface area contributed by atoms with Gasteiger partial charge in [-0.1, -0.05) is 12.1 Å². The van der Waals surface area contributed by atoms with Crippen molar-refractivity contribution in [1.82, 2.24) is 0 Å². The predicted molar refractivity (Wildman–Crippen MR) is 61.7 cm³/mol. The molecular weight excluding hydrogens is 314 g/mol. The minimum atomic E-state index is -0.454. The molecule has 2 aromatic carbocycles. The summed E-state index contributed by atoms with van der Waals surface area (Å²) in [7, 11) is 0. The number of benzene rings is 2. The fraction of sp³-hybridized carbons (Fsp3) is 0.0769. The Hall–Kier alpha value is -0.654. The van der Waals surface area contributed by atoms with Crippen LogP contribution in [0.25, 0.3) is 0 Å². The van der Waals surface area contributed by atoms with E-state index in [1.807, 2.05) is 0 Å². The van der Waals surface area contributed by atoms with Crippen molar-refractivity contribution < 1.29 is 30.5 Å². The molecule has 0 radical (unpaired) electrons. The second-order valence-corrected chi connectivity index (χ2v) is 3.27. The van der Waals surface area contributed by atoms with Gasteiger partial charge in [-0.05, 0) is 17.7 Å². The van der Waals surface area contributed by atoms with Gasteiger partial charge in [0.1, 0.15) is 12.4 Å². The molecule has 90 valence electrons. The Bertz CT molecular complexity index is 477. The van der Waals surface area contributed by atoms with E-state index in [4.69, 9.17) is 4.74 Å². The van der Waals surface area contributed by atoms with E-state index in [0.29, 0.717) is 0 Å². The van der Waals surface area contributed by atoms with Gasteiger partial charge in [0, 0.05) is 11.6 Å². The first kappa shape index (κ1) is 17.3. The van der Waals surface area contributed by atoms with Crippen LogP contribution in [0.15, 0.2) is 42.5 Å². The molecule has 0 bridgehead atoms. The van der Waals surface area contributed by atoms with E-state index in [1.165, 1.54) is 24.3 Å². The van der Waals surface area contributed by atoms with E-state index >= 15 is 0 Å². The molecule has 0 amide bonds. The van der Waals surface area contributed by atoms with Crippen LogP contribution in [-0.2, 0) is 6.61 Å². The molecule has 0 unspecified atom stereocenters. The Labute approximate surface area is 131 Å². The maximum atomic E-state index is 13.1. The molecule has 0 aliphatic carbocycles. The largest absolute Gasteiger partial charge is 2.00 e. The molecule has 0 saturated carbocycles. The SMILES string of the molecule is Fc1ccc(COc2cc[c-]cc2F)cc1.[Br-].[Mg+2]. The fourth-order valence-corrected chi connectivity index (χ4v) is 1.25. The van der Waals surface area contributed by atoms with Crippen LogP contribution in [0.2, 0.25) is 0 Å². The Morgan fingerprint density at radius 3 is 2.33 bits per heavy atom. The predicted octanol–water partition coefficient (Wildman–Crippen LogP) is -0.0328. The quantitative estimate of drug-likeness (QED) is 0.569. The first-order chi connectivity index (χ1) is 7.75. The van der Waals surface area contributed by atoms with Crippen molar-refractivity contribution in [2.45, 2.75) is 6.61 Å². The van der Waals surface area contributed by atoms with Gasteiger partial charge in [-0.2, -0.15) is 12.1 Å². The average Bonchev–Trinajstić information content (AvgIpc) is 2.30. The summed E-state index contributed by atoms with van der Waals surface area (Å²) in [5, 5.41) is 0. The monoisotopic (exact) mass is 322 g/mol. The van der Waals surface area contributed by atoms with Gasteiger partial charge >= 0.3 is 23.1 Å². The van der Waals surface area contributed by atoms with Gasteiger partial charge in [0.2, 0.25) is 0 Å². The third-order valence-corrected chi connectivity index (χ3v) is 2.08. The zero-order valence-electron chi connectivity index (χ0n) is 9.50. The number of hydrogen-bond donors (Lipinski definition) is 0. The van der Waals surface area contributed by atoms with E-state index in [-0.39, 0.29) is 58.2 Å². The fourth-order valence-electron chi connectivity index (χ4n) is 1.25. The van der Waals surface area contributed by atoms with Crippen molar-refractivity contribution in [3.63, 3.8) is 0 Å². The van der Waals surface area contributed by atoms with Gasteiger partial charge < -0.3 is 21.7 Å². The number of halogens is 3. The molecule has 2 rings (SSSR count). The van der Waals surface area contributed by atoms with Crippen molar-refractivity contribution in [2.75, 3.05) is 0 Å². The van der Waals surface area contributed by atoms with Gasteiger partial charge in [0.05, 0.1) is 0 Å². The molecule has 18 heavy (non-hydrogen) atoms. The van der Waals surface area contributed by atoms with E-state index < -0.39 is 5.82 Å². The molecule has 0 aliphatic rings. The van der Waals surface area contributed by atoms with Gasteiger partial charge in [-0.15, -0.1) is 12.1 Å². The van der Waals surface area contributed by atoms with Crippen LogP contribution in [-0.4, -0.2) is 23.1 Å². The summed E-state index contributed by atoms with van der Waals surface area (Å²) in [5.41, 5.74) is 0.786. The molecule has 0 fully saturated rings. The summed E-state index contributed by atoms with van der Waals surface area (Å²) < 4.78 is 31.0. The molecule has 0 N–H and O–H groups in total. The Kier molecular flexibility index (Phi) is 8.14. The van der Waals surface area contributed by atoms with Crippen LogP contribution in [0.4, 0.5) is 8.78 Å². The Morgan fingerprint density at radius 2 is 1.72 bits per heavy atom. The zero-order valence-corrected chi connectivity index (χ0v) is 12.5. The maximum absolute atomic E-state index is 13.1. The topological polar surface area (TPSA) is 9.23 Å². The van der Waals surface area contributed by atoms with Gasteiger partial charge in [-0.3, -0.25) is 4.39 Å². The van der Waals surface area contributed by atoms with Crippen molar-refractivity contribution in [1.29, 1.82) is 0 Å². The molecule has 0 saturated heterocycles. The Morgan fingerprint density at radius 1 is 1.06 bits per heavy atom. The minimum absolute atomic E-state index is 0. The summed E-state index contributed by atoms with van der Waals surface area (Å²) in [6.45, 7) is 0.210. The third kappa shape index (κ3) is 4.92. The third-order valence-electron chi connectivity index (χ3n) is 2.08. The van der Waals surface area contributed by atoms with Crippen LogP contribution >= 0.6 is 0 Å². The summed E-state index contributed by atoms with van der Waals surface area (Å²) in [6.07, 6.45) is 0. The number of rotatable bonds is 3. The summed E-state index contributed by atoms with van der Waals surface area (Å²) >= 11 is 0. The van der Waals surface area contributed by atoms with Crippen molar-refractivity contribution >= 4 is 23.1 Å². The smallest absolute Gasteiger partial charge is 1.00 e. The van der Waals surface area contributed by atoms with Crippen LogP contribution in [0.1, 0.15) is 5.56 Å². The Balaban J connectivity index is 0.00000144. The van der Waals surface area contributed by atoms with Gasteiger partial charge in [0.15, 0.2) is 0 Å². The van der Waals surface area contributed by atoms with E-state index in [9.17, 15) is 8.78 Å². The summed E-state index contributed by atoms with van der Waals surface area (Å²) in [6, 6.07) is 12.8. The number of hydrogen-bond acceptors (Lipinski definition) is 1. The average molecular weight is 323 g/mol. The molecule has 0 spiro atoms. The molecule has 0 heterocycles. The number of ether oxygens (including phenoxy) is 1. The van der Waals surface area contributed by atoms with Crippen molar-refractivity contribution in [3.8, 4) is 5.75 Å². The summed E-state index contributed by atoms with van der Waals surface area (Å²) in [5.74, 6) is -0.586. The molecular formula is C13H9BrF2MgO. The van der Waals surface area contributed by atoms with Crippen molar-refractivity contribution in [2.24, 2.45) is 0 Å². The molecule has 5 heteroatoms. The van der Waals surface area contributed by atoms with Crippen LogP contribution in [0, 0.1) is 17.7 Å². The maximum Gasteiger partial charge on any atom is 2.00 e. The molecule has 0 atom stereocenters. The first-order valence-electron chi connectivity index (χ1n) is 4.78.